The molecule has 0 fully saturated rings. The summed E-state index contributed by atoms with van der Waals surface area (Å²) in [4.78, 5) is 42.6. The van der Waals surface area contributed by atoms with E-state index in [2.05, 4.69) is 20.6 Å². The number of nitrogens with zero attached hydrogens (tertiary/aromatic N) is 2. The highest BCUT2D eigenvalue weighted by Crippen LogP contribution is 2.15. The summed E-state index contributed by atoms with van der Waals surface area (Å²) in [5, 5.41) is 4.60. The van der Waals surface area contributed by atoms with Crippen molar-refractivity contribution < 1.29 is 19.1 Å². The van der Waals surface area contributed by atoms with Crippen molar-refractivity contribution in [3.05, 3.63) is 47.4 Å². The smallest absolute Gasteiger partial charge is 0.361 e. The minimum atomic E-state index is -0.907. The normalized spacial score (nSPS) is 10.0. The van der Waals surface area contributed by atoms with Gasteiger partial charge in [0.15, 0.2) is 18.1 Å². The van der Waals surface area contributed by atoms with Crippen LogP contribution < -0.4 is 16.4 Å². The zero-order valence-electron chi connectivity index (χ0n) is 13.7. The quantitative estimate of drug-likeness (QED) is 0.709. The van der Waals surface area contributed by atoms with Gasteiger partial charge in [0.1, 0.15) is 0 Å². The molecule has 0 atom stereocenters. The summed E-state index contributed by atoms with van der Waals surface area (Å²) >= 11 is 0. The molecule has 1 heterocycles. The predicted octanol–water partition coefficient (Wildman–Crippen LogP) is 1.18. The van der Waals surface area contributed by atoms with Crippen LogP contribution in [-0.2, 0) is 9.53 Å². The molecule has 0 saturated heterocycles. The molecule has 3 amide bonds. The molecule has 0 aliphatic carbocycles. The van der Waals surface area contributed by atoms with Crippen molar-refractivity contribution >= 4 is 29.4 Å². The van der Waals surface area contributed by atoms with Crippen molar-refractivity contribution in [1.29, 1.82) is 0 Å². The van der Waals surface area contributed by atoms with Gasteiger partial charge in [0.2, 0.25) is 0 Å². The molecule has 0 aliphatic rings. The summed E-state index contributed by atoms with van der Waals surface area (Å²) in [6.45, 7) is 3.10. The van der Waals surface area contributed by atoms with Crippen molar-refractivity contribution in [2.45, 2.75) is 13.8 Å². The number of rotatable bonds is 4. The third kappa shape index (κ3) is 4.99. The van der Waals surface area contributed by atoms with E-state index in [9.17, 15) is 14.4 Å². The lowest BCUT2D eigenvalue weighted by atomic mass is 10.1. The highest BCUT2D eigenvalue weighted by molar-refractivity contribution is 6.02. The average molecular weight is 343 g/mol. The number of nitrogens with one attached hydrogen (secondary N) is 2. The van der Waals surface area contributed by atoms with Gasteiger partial charge in [0.25, 0.3) is 5.91 Å². The molecule has 4 N–H and O–H groups in total. The van der Waals surface area contributed by atoms with Gasteiger partial charge in [-0.15, -0.1) is 0 Å². The van der Waals surface area contributed by atoms with Gasteiger partial charge < -0.3 is 15.8 Å². The van der Waals surface area contributed by atoms with Crippen molar-refractivity contribution in [2.24, 2.45) is 0 Å². The number of hydrogen-bond donors (Lipinski definition) is 3. The lowest BCUT2D eigenvalue weighted by molar-refractivity contribution is -0.123. The van der Waals surface area contributed by atoms with Crippen LogP contribution in [0.5, 0.6) is 0 Å². The fourth-order valence-corrected chi connectivity index (χ4v) is 1.98. The molecule has 2 rings (SSSR count). The molecule has 1 aromatic heterocycles. The van der Waals surface area contributed by atoms with E-state index in [1.807, 2.05) is 26.0 Å². The van der Waals surface area contributed by atoms with Crippen molar-refractivity contribution in [1.82, 2.24) is 15.3 Å². The molecule has 0 aliphatic heterocycles. The predicted molar refractivity (Wildman–Crippen MR) is 89.8 cm³/mol. The number of amides is 3. The summed E-state index contributed by atoms with van der Waals surface area (Å²) in [5.41, 5.74) is 7.76. The Morgan fingerprint density at radius 3 is 2.56 bits per heavy atom. The number of nitrogens with two attached hydrogens (primary N) is 1. The highest BCUT2D eigenvalue weighted by Gasteiger charge is 2.16. The van der Waals surface area contributed by atoms with Crippen LogP contribution >= 0.6 is 0 Å². The Balaban J connectivity index is 1.84. The molecule has 25 heavy (non-hydrogen) atoms. The molecule has 9 heteroatoms. The number of nitrogen functional groups attached to an aromatic ring is 1. The van der Waals surface area contributed by atoms with Crippen LogP contribution in [-0.4, -0.2) is 34.5 Å². The molecule has 0 radical (unpaired) electrons. The lowest BCUT2D eigenvalue weighted by Gasteiger charge is -2.10. The molecule has 0 unspecified atom stereocenters. The Labute approximate surface area is 143 Å². The minimum absolute atomic E-state index is 0.111. The van der Waals surface area contributed by atoms with Crippen molar-refractivity contribution in [3.8, 4) is 0 Å². The molecule has 1 aromatic carbocycles. The number of aryl methyl sites for hydroxylation is 2. The number of ether oxygens (including phenoxy) is 1. The standard InChI is InChI=1S/C16H17N5O4/c1-9-3-4-11(10(2)7-9)20-16(24)21-12(22)8-25-15(23)13-14(17)19-6-5-18-13/h3-7H,8H2,1-2H3,(H2,17,19)(H2,20,21,22,24). The first kappa shape index (κ1) is 17.9. The Morgan fingerprint density at radius 2 is 1.88 bits per heavy atom. The molecule has 2 aromatic rings. The third-order valence-electron chi connectivity index (χ3n) is 3.14. The summed E-state index contributed by atoms with van der Waals surface area (Å²) in [6.07, 6.45) is 2.58. The van der Waals surface area contributed by atoms with E-state index in [4.69, 9.17) is 10.5 Å². The van der Waals surface area contributed by atoms with E-state index < -0.39 is 24.5 Å². The highest BCUT2D eigenvalue weighted by atomic mass is 16.5. The van der Waals surface area contributed by atoms with Crippen LogP contribution in [0.3, 0.4) is 0 Å². The van der Waals surface area contributed by atoms with Crippen molar-refractivity contribution in [3.63, 3.8) is 0 Å². The fraction of sp³-hybridized carbons (Fsp3) is 0.188. The second kappa shape index (κ2) is 7.86. The largest absolute Gasteiger partial charge is 0.451 e. The maximum atomic E-state index is 11.8. The van der Waals surface area contributed by atoms with E-state index >= 15 is 0 Å². The van der Waals surface area contributed by atoms with Gasteiger partial charge in [-0.2, -0.15) is 0 Å². The second-order valence-electron chi connectivity index (χ2n) is 5.19. The molecule has 130 valence electrons. The van der Waals surface area contributed by atoms with Gasteiger partial charge in [-0.3, -0.25) is 10.1 Å². The Bertz CT molecular complexity index is 822. The lowest BCUT2D eigenvalue weighted by Crippen LogP contribution is -2.37. The van der Waals surface area contributed by atoms with Crippen LogP contribution in [0.15, 0.2) is 30.6 Å². The molecular formula is C16H17N5O4. The Kier molecular flexibility index (Phi) is 5.62. The molecule has 0 saturated carbocycles. The van der Waals surface area contributed by atoms with Crippen LogP contribution in [0.1, 0.15) is 21.6 Å². The van der Waals surface area contributed by atoms with Crippen LogP contribution in [0.2, 0.25) is 0 Å². The number of carbonyl (C=O) groups is 3. The molecule has 9 nitrogen and oxygen atoms in total. The van der Waals surface area contributed by atoms with E-state index in [0.717, 1.165) is 11.1 Å². The average Bonchev–Trinajstić information content (AvgIpc) is 2.55. The van der Waals surface area contributed by atoms with Crippen LogP contribution in [0.4, 0.5) is 16.3 Å². The number of aromatic nitrogens is 2. The first-order valence-electron chi connectivity index (χ1n) is 7.28. The van der Waals surface area contributed by atoms with E-state index in [1.165, 1.54) is 12.4 Å². The van der Waals surface area contributed by atoms with Crippen LogP contribution in [0.25, 0.3) is 0 Å². The first-order chi connectivity index (χ1) is 11.9. The fourth-order valence-electron chi connectivity index (χ4n) is 1.98. The van der Waals surface area contributed by atoms with E-state index in [-0.39, 0.29) is 11.5 Å². The molecule has 0 bridgehead atoms. The SMILES string of the molecule is Cc1ccc(NC(=O)NC(=O)COC(=O)c2nccnc2N)c(C)c1. The van der Waals surface area contributed by atoms with Crippen LogP contribution in [0, 0.1) is 13.8 Å². The topological polar surface area (TPSA) is 136 Å². The second-order valence-corrected chi connectivity index (χ2v) is 5.19. The van der Waals surface area contributed by atoms with Gasteiger partial charge in [-0.1, -0.05) is 17.7 Å². The van der Waals surface area contributed by atoms with E-state index in [1.54, 1.807) is 6.07 Å². The number of benzene rings is 1. The maximum absolute atomic E-state index is 11.8. The van der Waals surface area contributed by atoms with Gasteiger partial charge in [0.05, 0.1) is 0 Å². The molecule has 0 spiro atoms. The minimum Gasteiger partial charge on any atom is -0.451 e. The van der Waals surface area contributed by atoms with Gasteiger partial charge in [-0.05, 0) is 25.5 Å². The zero-order valence-corrected chi connectivity index (χ0v) is 13.7. The third-order valence-corrected chi connectivity index (χ3v) is 3.14. The zero-order chi connectivity index (χ0) is 18.4. The number of hydrogen-bond acceptors (Lipinski definition) is 7. The number of esters is 1. The summed E-state index contributed by atoms with van der Waals surface area (Å²) in [5.74, 6) is -1.81. The van der Waals surface area contributed by atoms with Gasteiger partial charge >= 0.3 is 12.0 Å². The Hall–Kier alpha value is -3.49. The molecular weight excluding hydrogens is 326 g/mol. The number of carbonyl (C=O) groups excluding carboxylic acids is 3. The van der Waals surface area contributed by atoms with Crippen molar-refractivity contribution in [2.75, 3.05) is 17.7 Å². The summed E-state index contributed by atoms with van der Waals surface area (Å²) in [7, 11) is 0. The number of imide groups is 1. The van der Waals surface area contributed by atoms with Gasteiger partial charge in [-0.25, -0.2) is 19.6 Å². The van der Waals surface area contributed by atoms with Gasteiger partial charge in [0, 0.05) is 18.1 Å². The number of urea groups is 1. The Morgan fingerprint density at radius 1 is 1.16 bits per heavy atom. The number of anilines is 2. The first-order valence-corrected chi connectivity index (χ1v) is 7.28. The summed E-state index contributed by atoms with van der Waals surface area (Å²) in [6, 6.07) is 4.72. The van der Waals surface area contributed by atoms with E-state index in [0.29, 0.717) is 5.69 Å². The summed E-state index contributed by atoms with van der Waals surface area (Å²) < 4.78 is 4.75. The maximum Gasteiger partial charge on any atom is 0.361 e. The monoisotopic (exact) mass is 343 g/mol.